The highest BCUT2D eigenvalue weighted by Gasteiger charge is 2.19. The van der Waals surface area contributed by atoms with Gasteiger partial charge >= 0.3 is 5.97 Å². The smallest absolute Gasteiger partial charge is 0.307 e. The summed E-state index contributed by atoms with van der Waals surface area (Å²) in [6.07, 6.45) is 1.67. The standard InChI is InChI=1S/C15H20N4O3/c1-10-5-6-11(2)19(10)15-12(9-17-18(15)3)14(21)16-8-7-13(20)22-4/h5-6,9H,7-8H2,1-4H3,(H,16,21). The lowest BCUT2D eigenvalue weighted by atomic mass is 10.2. The Kier molecular flexibility index (Phi) is 4.65. The van der Waals surface area contributed by atoms with Gasteiger partial charge in [0.05, 0.1) is 19.7 Å². The summed E-state index contributed by atoms with van der Waals surface area (Å²) in [5.74, 6) is 0.0823. The van der Waals surface area contributed by atoms with Gasteiger partial charge in [-0.25, -0.2) is 0 Å². The average Bonchev–Trinajstić information content (AvgIpc) is 3.01. The van der Waals surface area contributed by atoms with E-state index in [4.69, 9.17) is 0 Å². The summed E-state index contributed by atoms with van der Waals surface area (Å²) in [4.78, 5) is 23.4. The predicted octanol–water partition coefficient (Wildman–Crippen LogP) is 1.12. The fourth-order valence-electron chi connectivity index (χ4n) is 2.33. The first-order chi connectivity index (χ1) is 10.5. The van der Waals surface area contributed by atoms with Gasteiger partial charge in [-0.05, 0) is 26.0 Å². The van der Waals surface area contributed by atoms with Crippen LogP contribution in [-0.4, -0.2) is 39.9 Å². The van der Waals surface area contributed by atoms with Crippen LogP contribution in [0.25, 0.3) is 5.82 Å². The lowest BCUT2D eigenvalue weighted by molar-refractivity contribution is -0.140. The van der Waals surface area contributed by atoms with Crippen molar-refractivity contribution in [1.29, 1.82) is 0 Å². The molecular weight excluding hydrogens is 284 g/mol. The quantitative estimate of drug-likeness (QED) is 0.840. The molecule has 7 nitrogen and oxygen atoms in total. The van der Waals surface area contributed by atoms with Gasteiger partial charge in [-0.3, -0.25) is 14.3 Å². The van der Waals surface area contributed by atoms with Crippen molar-refractivity contribution in [3.05, 3.63) is 35.3 Å². The number of nitrogens with zero attached hydrogens (tertiary/aromatic N) is 3. The largest absolute Gasteiger partial charge is 0.469 e. The molecule has 7 heteroatoms. The van der Waals surface area contributed by atoms with Gasteiger partial charge in [0.2, 0.25) is 0 Å². The molecule has 0 aliphatic heterocycles. The molecule has 0 saturated carbocycles. The molecule has 0 aliphatic rings. The number of hydrogen-bond acceptors (Lipinski definition) is 4. The van der Waals surface area contributed by atoms with Crippen LogP contribution >= 0.6 is 0 Å². The third kappa shape index (κ3) is 3.03. The Hall–Kier alpha value is -2.57. The molecule has 2 rings (SSSR count). The van der Waals surface area contributed by atoms with E-state index in [-0.39, 0.29) is 24.8 Å². The molecule has 2 aromatic rings. The van der Waals surface area contributed by atoms with Crippen LogP contribution in [0.1, 0.15) is 28.2 Å². The average molecular weight is 304 g/mol. The van der Waals surface area contributed by atoms with Crippen LogP contribution in [0.15, 0.2) is 18.3 Å². The van der Waals surface area contributed by atoms with Crippen LogP contribution in [0.3, 0.4) is 0 Å². The molecule has 0 radical (unpaired) electrons. The molecule has 0 bridgehead atoms. The number of methoxy groups -OCH3 is 1. The topological polar surface area (TPSA) is 78.2 Å². The Bertz CT molecular complexity index is 680. The van der Waals surface area contributed by atoms with E-state index in [0.717, 1.165) is 11.4 Å². The van der Waals surface area contributed by atoms with Crippen molar-refractivity contribution in [3.63, 3.8) is 0 Å². The van der Waals surface area contributed by atoms with Gasteiger partial charge < -0.3 is 14.6 Å². The molecule has 22 heavy (non-hydrogen) atoms. The zero-order chi connectivity index (χ0) is 16.3. The normalized spacial score (nSPS) is 10.5. The summed E-state index contributed by atoms with van der Waals surface area (Å²) in [5.41, 5.74) is 2.50. The van der Waals surface area contributed by atoms with Gasteiger partial charge in [-0.1, -0.05) is 0 Å². The Labute approximate surface area is 128 Å². The van der Waals surface area contributed by atoms with Gasteiger partial charge in [0, 0.05) is 25.0 Å². The Balaban J connectivity index is 2.23. The van der Waals surface area contributed by atoms with Crippen LogP contribution < -0.4 is 5.32 Å². The first-order valence-electron chi connectivity index (χ1n) is 6.98. The Morgan fingerprint density at radius 3 is 2.50 bits per heavy atom. The Morgan fingerprint density at radius 2 is 1.91 bits per heavy atom. The molecule has 118 valence electrons. The number of nitrogens with one attached hydrogen (secondary N) is 1. The van der Waals surface area contributed by atoms with Crippen molar-refractivity contribution in [3.8, 4) is 5.82 Å². The third-order valence-electron chi connectivity index (χ3n) is 3.48. The van der Waals surface area contributed by atoms with E-state index >= 15 is 0 Å². The fraction of sp³-hybridized carbons (Fsp3) is 0.400. The third-order valence-corrected chi connectivity index (χ3v) is 3.48. The minimum absolute atomic E-state index is 0.138. The minimum atomic E-state index is -0.358. The monoisotopic (exact) mass is 304 g/mol. The van der Waals surface area contributed by atoms with Crippen molar-refractivity contribution < 1.29 is 14.3 Å². The van der Waals surface area contributed by atoms with Crippen LogP contribution in [-0.2, 0) is 16.6 Å². The number of carbonyl (C=O) groups is 2. The van der Waals surface area contributed by atoms with E-state index in [0.29, 0.717) is 11.4 Å². The number of hydrogen-bond donors (Lipinski definition) is 1. The molecule has 0 saturated heterocycles. The van der Waals surface area contributed by atoms with Crippen LogP contribution in [0.2, 0.25) is 0 Å². The summed E-state index contributed by atoms with van der Waals surface area (Å²) in [6.45, 7) is 4.17. The maximum atomic E-state index is 12.3. The number of esters is 1. The summed E-state index contributed by atoms with van der Waals surface area (Å²) in [5, 5.41) is 6.89. The van der Waals surface area contributed by atoms with E-state index < -0.39 is 0 Å². The zero-order valence-corrected chi connectivity index (χ0v) is 13.2. The molecule has 2 heterocycles. The minimum Gasteiger partial charge on any atom is -0.469 e. The zero-order valence-electron chi connectivity index (χ0n) is 13.2. The molecule has 1 amide bonds. The van der Waals surface area contributed by atoms with Gasteiger partial charge in [0.1, 0.15) is 11.4 Å². The summed E-state index contributed by atoms with van der Waals surface area (Å²) in [6, 6.07) is 3.97. The fourth-order valence-corrected chi connectivity index (χ4v) is 2.33. The highest BCUT2D eigenvalue weighted by atomic mass is 16.5. The lowest BCUT2D eigenvalue weighted by Crippen LogP contribution is -2.27. The molecule has 0 spiro atoms. The second-order valence-electron chi connectivity index (χ2n) is 5.04. The first kappa shape index (κ1) is 15.8. The molecule has 0 aliphatic carbocycles. The van der Waals surface area contributed by atoms with E-state index in [2.05, 4.69) is 15.2 Å². The summed E-state index contributed by atoms with van der Waals surface area (Å²) in [7, 11) is 3.11. The summed E-state index contributed by atoms with van der Waals surface area (Å²) < 4.78 is 8.18. The summed E-state index contributed by atoms with van der Waals surface area (Å²) >= 11 is 0. The highest BCUT2D eigenvalue weighted by Crippen LogP contribution is 2.19. The second kappa shape index (κ2) is 6.46. The lowest BCUT2D eigenvalue weighted by Gasteiger charge is -2.12. The van der Waals surface area contributed by atoms with E-state index in [1.807, 2.05) is 30.5 Å². The van der Waals surface area contributed by atoms with Crippen molar-refractivity contribution in [2.24, 2.45) is 7.05 Å². The molecule has 2 aromatic heterocycles. The van der Waals surface area contributed by atoms with E-state index in [1.54, 1.807) is 11.7 Å². The first-order valence-corrected chi connectivity index (χ1v) is 6.98. The van der Waals surface area contributed by atoms with Gasteiger partial charge in [0.15, 0.2) is 0 Å². The number of aromatic nitrogens is 3. The van der Waals surface area contributed by atoms with Gasteiger partial charge in [0.25, 0.3) is 5.91 Å². The highest BCUT2D eigenvalue weighted by molar-refractivity contribution is 5.97. The van der Waals surface area contributed by atoms with E-state index in [9.17, 15) is 9.59 Å². The van der Waals surface area contributed by atoms with Crippen molar-refractivity contribution in [1.82, 2.24) is 19.7 Å². The molecule has 0 fully saturated rings. The molecule has 1 N–H and O–H groups in total. The number of amides is 1. The SMILES string of the molecule is COC(=O)CCNC(=O)c1cnn(C)c1-n1c(C)ccc1C. The number of aryl methyl sites for hydroxylation is 3. The van der Waals surface area contributed by atoms with Gasteiger partial charge in [-0.2, -0.15) is 5.10 Å². The van der Waals surface area contributed by atoms with Crippen LogP contribution in [0, 0.1) is 13.8 Å². The molecule has 0 atom stereocenters. The van der Waals surface area contributed by atoms with Gasteiger partial charge in [-0.15, -0.1) is 0 Å². The number of rotatable bonds is 5. The predicted molar refractivity (Wildman–Crippen MR) is 81.0 cm³/mol. The molecular formula is C15H20N4O3. The van der Waals surface area contributed by atoms with E-state index in [1.165, 1.54) is 13.3 Å². The molecule has 0 unspecified atom stereocenters. The number of ether oxygens (including phenoxy) is 1. The van der Waals surface area contributed by atoms with Crippen LogP contribution in [0.4, 0.5) is 0 Å². The second-order valence-corrected chi connectivity index (χ2v) is 5.04. The Morgan fingerprint density at radius 1 is 1.27 bits per heavy atom. The maximum Gasteiger partial charge on any atom is 0.307 e. The van der Waals surface area contributed by atoms with Crippen molar-refractivity contribution in [2.75, 3.05) is 13.7 Å². The maximum absolute atomic E-state index is 12.3. The molecule has 0 aromatic carbocycles. The van der Waals surface area contributed by atoms with Crippen molar-refractivity contribution in [2.45, 2.75) is 20.3 Å². The van der Waals surface area contributed by atoms with Crippen LogP contribution in [0.5, 0.6) is 0 Å². The van der Waals surface area contributed by atoms with Crippen molar-refractivity contribution >= 4 is 11.9 Å². The number of carbonyl (C=O) groups excluding carboxylic acids is 2.